The van der Waals surface area contributed by atoms with Gasteiger partial charge in [0.15, 0.2) is 0 Å². The van der Waals surface area contributed by atoms with Crippen molar-refractivity contribution in [2.24, 2.45) is 0 Å². The maximum absolute atomic E-state index is 6.17. The third-order valence-electron chi connectivity index (χ3n) is 3.31. The zero-order valence-electron chi connectivity index (χ0n) is 13.4. The second kappa shape index (κ2) is 7.23. The van der Waals surface area contributed by atoms with Crippen molar-refractivity contribution in [1.29, 1.82) is 0 Å². The van der Waals surface area contributed by atoms with E-state index in [9.17, 15) is 0 Å². The van der Waals surface area contributed by atoms with Crippen molar-refractivity contribution in [2.75, 3.05) is 25.2 Å². The van der Waals surface area contributed by atoms with E-state index >= 15 is 0 Å². The van der Waals surface area contributed by atoms with Gasteiger partial charge in [0.05, 0.1) is 6.61 Å². The molecule has 20 heavy (non-hydrogen) atoms. The van der Waals surface area contributed by atoms with Crippen molar-refractivity contribution in [3.05, 3.63) is 17.0 Å². The Morgan fingerprint density at radius 3 is 2.50 bits per heavy atom. The summed E-state index contributed by atoms with van der Waals surface area (Å²) < 4.78 is 5.20. The van der Waals surface area contributed by atoms with E-state index in [2.05, 4.69) is 44.5 Å². The summed E-state index contributed by atoms with van der Waals surface area (Å²) in [4.78, 5) is 11.3. The Balaban J connectivity index is 3.15. The van der Waals surface area contributed by atoms with Gasteiger partial charge in [-0.2, -0.15) is 0 Å². The van der Waals surface area contributed by atoms with Crippen LogP contribution in [-0.4, -0.2) is 36.3 Å². The molecule has 0 radical (unpaired) electrons. The first kappa shape index (κ1) is 17.2. The van der Waals surface area contributed by atoms with Gasteiger partial charge in [-0.15, -0.1) is 0 Å². The van der Waals surface area contributed by atoms with Crippen LogP contribution in [0.5, 0.6) is 0 Å². The van der Waals surface area contributed by atoms with Gasteiger partial charge in [-0.25, -0.2) is 9.97 Å². The van der Waals surface area contributed by atoms with Crippen LogP contribution in [0.15, 0.2) is 6.07 Å². The summed E-state index contributed by atoms with van der Waals surface area (Å²) in [5.74, 6) is 1.65. The molecule has 0 aliphatic heterocycles. The summed E-state index contributed by atoms with van der Waals surface area (Å²) in [6.45, 7) is 12.1. The van der Waals surface area contributed by atoms with Crippen molar-refractivity contribution in [2.45, 2.75) is 52.5 Å². The Morgan fingerprint density at radius 1 is 1.35 bits per heavy atom. The number of halogens is 1. The highest BCUT2D eigenvalue weighted by atomic mass is 35.5. The largest absolute Gasteiger partial charge is 0.383 e. The highest BCUT2D eigenvalue weighted by molar-refractivity contribution is 6.29. The average Bonchev–Trinajstić information content (AvgIpc) is 2.37. The predicted molar refractivity (Wildman–Crippen MR) is 84.7 cm³/mol. The fraction of sp³-hybridized carbons (Fsp3) is 0.733. The molecular formula is C15H26ClN3O. The quantitative estimate of drug-likeness (QED) is 0.751. The molecule has 0 fully saturated rings. The number of aromatic nitrogens is 2. The normalized spacial score (nSPS) is 13.3. The Labute approximate surface area is 127 Å². The van der Waals surface area contributed by atoms with E-state index in [1.54, 1.807) is 7.11 Å². The lowest BCUT2D eigenvalue weighted by molar-refractivity contribution is 0.203. The summed E-state index contributed by atoms with van der Waals surface area (Å²) in [5.41, 5.74) is -0.123. The number of nitrogens with zero attached hydrogens (tertiary/aromatic N) is 3. The second-order valence-electron chi connectivity index (χ2n) is 6.07. The highest BCUT2D eigenvalue weighted by Crippen LogP contribution is 2.25. The number of ether oxygens (including phenoxy) is 1. The molecule has 0 aliphatic carbocycles. The minimum Gasteiger partial charge on any atom is -0.383 e. The lowest BCUT2D eigenvalue weighted by Gasteiger charge is -2.30. The molecule has 0 aromatic carbocycles. The molecular weight excluding hydrogens is 274 g/mol. The van der Waals surface area contributed by atoms with Crippen LogP contribution < -0.4 is 4.90 Å². The van der Waals surface area contributed by atoms with Crippen LogP contribution in [0.2, 0.25) is 5.15 Å². The van der Waals surface area contributed by atoms with Gasteiger partial charge >= 0.3 is 0 Å². The monoisotopic (exact) mass is 299 g/mol. The minimum atomic E-state index is -0.123. The van der Waals surface area contributed by atoms with Gasteiger partial charge in [-0.05, 0) is 13.3 Å². The molecule has 0 bridgehead atoms. The third-order valence-corrected chi connectivity index (χ3v) is 3.50. The smallest absolute Gasteiger partial charge is 0.137 e. The molecule has 1 rings (SSSR count). The van der Waals surface area contributed by atoms with E-state index < -0.39 is 0 Å². The van der Waals surface area contributed by atoms with Crippen molar-refractivity contribution in [3.8, 4) is 0 Å². The lowest BCUT2D eigenvalue weighted by atomic mass is 9.96. The third kappa shape index (κ3) is 4.60. The summed E-state index contributed by atoms with van der Waals surface area (Å²) >= 11 is 6.17. The van der Waals surface area contributed by atoms with E-state index in [1.165, 1.54) is 0 Å². The predicted octanol–water partition coefficient (Wildman–Crippen LogP) is 3.68. The summed E-state index contributed by atoms with van der Waals surface area (Å²) in [7, 11) is 1.71. The summed E-state index contributed by atoms with van der Waals surface area (Å²) in [6.07, 6.45) is 1.04. The van der Waals surface area contributed by atoms with E-state index in [0.717, 1.165) is 24.6 Å². The first-order valence-corrected chi connectivity index (χ1v) is 7.48. The fourth-order valence-corrected chi connectivity index (χ4v) is 2.04. The molecule has 1 unspecified atom stereocenters. The van der Waals surface area contributed by atoms with Crippen molar-refractivity contribution >= 4 is 17.4 Å². The van der Waals surface area contributed by atoms with Crippen LogP contribution in [0.25, 0.3) is 0 Å². The first-order valence-electron chi connectivity index (χ1n) is 7.10. The van der Waals surface area contributed by atoms with Crippen LogP contribution in [0.4, 0.5) is 5.82 Å². The zero-order valence-corrected chi connectivity index (χ0v) is 14.2. The van der Waals surface area contributed by atoms with Crippen LogP contribution in [0, 0.1) is 0 Å². The second-order valence-corrected chi connectivity index (χ2v) is 6.45. The molecule has 1 aromatic rings. The molecule has 5 heteroatoms. The van der Waals surface area contributed by atoms with Crippen LogP contribution in [0.1, 0.15) is 46.9 Å². The molecule has 0 saturated heterocycles. The van der Waals surface area contributed by atoms with Crippen LogP contribution in [0.3, 0.4) is 0 Å². The van der Waals surface area contributed by atoms with Gasteiger partial charge in [0, 0.05) is 31.2 Å². The fourth-order valence-electron chi connectivity index (χ4n) is 1.86. The lowest BCUT2D eigenvalue weighted by Crippen LogP contribution is -2.36. The van der Waals surface area contributed by atoms with Crippen molar-refractivity contribution in [3.63, 3.8) is 0 Å². The van der Waals surface area contributed by atoms with Crippen molar-refractivity contribution in [1.82, 2.24) is 9.97 Å². The Kier molecular flexibility index (Phi) is 6.21. The molecule has 114 valence electrons. The Bertz CT molecular complexity index is 432. The first-order chi connectivity index (χ1) is 9.29. The van der Waals surface area contributed by atoms with E-state index in [-0.39, 0.29) is 5.41 Å². The van der Waals surface area contributed by atoms with Gasteiger partial charge in [-0.1, -0.05) is 39.3 Å². The molecule has 4 nitrogen and oxygen atoms in total. The molecule has 1 aromatic heterocycles. The molecule has 0 spiro atoms. The number of rotatable bonds is 6. The molecule has 0 amide bonds. The van der Waals surface area contributed by atoms with Crippen molar-refractivity contribution < 1.29 is 4.74 Å². The van der Waals surface area contributed by atoms with E-state index in [0.29, 0.717) is 17.8 Å². The maximum Gasteiger partial charge on any atom is 0.137 e. The summed E-state index contributed by atoms with van der Waals surface area (Å²) in [6, 6.07) is 2.21. The van der Waals surface area contributed by atoms with Gasteiger partial charge in [-0.3, -0.25) is 0 Å². The standard InChI is InChI=1S/C15H26ClN3O/c1-7-11(2)19(8-9-20-6)13-10-12(16)17-14(18-13)15(3,4)5/h10-11H,7-9H2,1-6H3. The molecule has 0 saturated carbocycles. The Morgan fingerprint density at radius 2 is 2.00 bits per heavy atom. The van der Waals surface area contributed by atoms with E-state index in [4.69, 9.17) is 21.3 Å². The van der Waals surface area contributed by atoms with Crippen LogP contribution in [-0.2, 0) is 10.2 Å². The zero-order chi connectivity index (χ0) is 15.3. The number of hydrogen-bond acceptors (Lipinski definition) is 4. The van der Waals surface area contributed by atoms with Gasteiger partial charge in [0.2, 0.25) is 0 Å². The number of anilines is 1. The average molecular weight is 300 g/mol. The number of hydrogen-bond donors (Lipinski definition) is 0. The highest BCUT2D eigenvalue weighted by Gasteiger charge is 2.22. The topological polar surface area (TPSA) is 38.2 Å². The molecule has 0 N–H and O–H groups in total. The van der Waals surface area contributed by atoms with Gasteiger partial charge < -0.3 is 9.64 Å². The number of methoxy groups -OCH3 is 1. The minimum absolute atomic E-state index is 0.123. The van der Waals surface area contributed by atoms with E-state index in [1.807, 2.05) is 6.07 Å². The maximum atomic E-state index is 6.17. The molecule has 1 heterocycles. The Hall–Kier alpha value is -0.870. The summed E-state index contributed by atoms with van der Waals surface area (Å²) in [5, 5.41) is 0.491. The molecule has 0 aliphatic rings. The van der Waals surface area contributed by atoms with Gasteiger partial charge in [0.1, 0.15) is 16.8 Å². The molecule has 1 atom stereocenters. The van der Waals surface area contributed by atoms with Crippen LogP contribution >= 0.6 is 11.6 Å². The SMILES string of the molecule is CCC(C)N(CCOC)c1cc(Cl)nc(C(C)(C)C)n1. The van der Waals surface area contributed by atoms with Gasteiger partial charge in [0.25, 0.3) is 0 Å².